The first-order valence-corrected chi connectivity index (χ1v) is 6.10. The lowest BCUT2D eigenvalue weighted by Crippen LogP contribution is -2.19. The minimum absolute atomic E-state index is 0.104. The Hall–Kier alpha value is -1.03. The second-order valence-corrected chi connectivity index (χ2v) is 5.04. The molecule has 0 fully saturated rings. The van der Waals surface area contributed by atoms with Crippen LogP contribution in [0.15, 0.2) is 18.2 Å². The van der Waals surface area contributed by atoms with Crippen LogP contribution < -0.4 is 5.32 Å². The topological polar surface area (TPSA) is 12.0 Å². The van der Waals surface area contributed by atoms with Gasteiger partial charge in [0.1, 0.15) is 0 Å². The SMILES string of the molecule is CNC(CC(C)C)c1ccc(C(F)(F)F)cc1C. The van der Waals surface area contributed by atoms with Gasteiger partial charge < -0.3 is 5.32 Å². The number of benzene rings is 1. The zero-order valence-electron chi connectivity index (χ0n) is 11.2. The Kier molecular flexibility index (Phi) is 4.79. The highest BCUT2D eigenvalue weighted by molar-refractivity contribution is 5.34. The Bertz CT molecular complexity index is 397. The lowest BCUT2D eigenvalue weighted by Gasteiger charge is -2.21. The lowest BCUT2D eigenvalue weighted by molar-refractivity contribution is -0.137. The fourth-order valence-corrected chi connectivity index (χ4v) is 2.11. The van der Waals surface area contributed by atoms with E-state index in [4.69, 9.17) is 0 Å². The van der Waals surface area contributed by atoms with Crippen LogP contribution in [0.3, 0.4) is 0 Å². The van der Waals surface area contributed by atoms with Crippen molar-refractivity contribution in [3.63, 3.8) is 0 Å². The summed E-state index contributed by atoms with van der Waals surface area (Å²) in [5, 5.41) is 3.17. The Labute approximate surface area is 106 Å². The molecule has 18 heavy (non-hydrogen) atoms. The maximum absolute atomic E-state index is 12.6. The molecule has 1 atom stereocenters. The molecule has 0 heterocycles. The van der Waals surface area contributed by atoms with Crippen LogP contribution in [0, 0.1) is 12.8 Å². The highest BCUT2D eigenvalue weighted by Crippen LogP contribution is 2.32. The summed E-state index contributed by atoms with van der Waals surface area (Å²) in [7, 11) is 1.84. The zero-order valence-corrected chi connectivity index (χ0v) is 11.2. The van der Waals surface area contributed by atoms with Gasteiger partial charge in [-0.25, -0.2) is 0 Å². The van der Waals surface area contributed by atoms with Gasteiger partial charge in [0.15, 0.2) is 0 Å². The van der Waals surface area contributed by atoms with Crippen LogP contribution in [0.5, 0.6) is 0 Å². The third kappa shape index (κ3) is 3.73. The molecule has 1 rings (SSSR count). The summed E-state index contributed by atoms with van der Waals surface area (Å²) >= 11 is 0. The van der Waals surface area contributed by atoms with Crippen molar-refractivity contribution in [2.45, 2.75) is 39.4 Å². The van der Waals surface area contributed by atoms with E-state index in [1.54, 1.807) is 13.0 Å². The van der Waals surface area contributed by atoms with Crippen LogP contribution in [0.2, 0.25) is 0 Å². The van der Waals surface area contributed by atoms with Crippen LogP contribution in [0.4, 0.5) is 13.2 Å². The maximum atomic E-state index is 12.6. The van der Waals surface area contributed by atoms with Gasteiger partial charge in [-0.2, -0.15) is 13.2 Å². The normalized spacial score (nSPS) is 14.0. The molecule has 0 bridgehead atoms. The van der Waals surface area contributed by atoms with E-state index >= 15 is 0 Å². The molecule has 0 spiro atoms. The van der Waals surface area contributed by atoms with E-state index in [0.717, 1.165) is 18.1 Å². The Morgan fingerprint density at radius 1 is 1.22 bits per heavy atom. The molecule has 0 saturated heterocycles. The van der Waals surface area contributed by atoms with Gasteiger partial charge in [0.25, 0.3) is 0 Å². The van der Waals surface area contributed by atoms with Gasteiger partial charge in [0.2, 0.25) is 0 Å². The summed E-state index contributed by atoms with van der Waals surface area (Å²) in [6, 6.07) is 4.07. The van der Waals surface area contributed by atoms with Crippen LogP contribution in [-0.4, -0.2) is 7.05 Å². The molecule has 4 heteroatoms. The molecule has 0 saturated carbocycles. The van der Waals surface area contributed by atoms with Gasteiger partial charge in [0, 0.05) is 6.04 Å². The molecule has 0 aromatic heterocycles. The summed E-state index contributed by atoms with van der Waals surface area (Å²) in [6.07, 6.45) is -3.36. The molecule has 102 valence electrons. The number of rotatable bonds is 4. The van der Waals surface area contributed by atoms with Crippen LogP contribution in [-0.2, 0) is 6.18 Å². The van der Waals surface area contributed by atoms with E-state index in [2.05, 4.69) is 19.2 Å². The van der Waals surface area contributed by atoms with Crippen molar-refractivity contribution >= 4 is 0 Å². The predicted octanol–water partition coefficient (Wildman–Crippen LogP) is 4.32. The Balaban J connectivity index is 3.04. The van der Waals surface area contributed by atoms with Gasteiger partial charge in [-0.05, 0) is 49.6 Å². The fraction of sp³-hybridized carbons (Fsp3) is 0.571. The van der Waals surface area contributed by atoms with Crippen molar-refractivity contribution in [3.8, 4) is 0 Å². The monoisotopic (exact) mass is 259 g/mol. The molecular formula is C14H20F3N. The Morgan fingerprint density at radius 3 is 2.22 bits per heavy atom. The minimum Gasteiger partial charge on any atom is -0.313 e. The largest absolute Gasteiger partial charge is 0.416 e. The molecule has 0 aliphatic rings. The second kappa shape index (κ2) is 5.74. The van der Waals surface area contributed by atoms with Gasteiger partial charge in [0.05, 0.1) is 5.56 Å². The molecule has 1 N–H and O–H groups in total. The van der Waals surface area contributed by atoms with E-state index in [-0.39, 0.29) is 6.04 Å². The number of halogens is 3. The number of hydrogen-bond donors (Lipinski definition) is 1. The van der Waals surface area contributed by atoms with Gasteiger partial charge in [-0.15, -0.1) is 0 Å². The average Bonchev–Trinajstić information content (AvgIpc) is 2.24. The molecule has 1 aromatic rings. The van der Waals surface area contributed by atoms with E-state index < -0.39 is 11.7 Å². The number of nitrogens with one attached hydrogen (secondary N) is 1. The van der Waals surface area contributed by atoms with E-state index in [1.807, 2.05) is 7.05 Å². The smallest absolute Gasteiger partial charge is 0.313 e. The number of hydrogen-bond acceptors (Lipinski definition) is 1. The van der Waals surface area contributed by atoms with E-state index in [1.165, 1.54) is 6.07 Å². The number of alkyl halides is 3. The molecule has 1 unspecified atom stereocenters. The molecule has 1 nitrogen and oxygen atoms in total. The standard InChI is InChI=1S/C14H20F3N/c1-9(2)7-13(18-4)12-6-5-11(8-10(12)3)14(15,16)17/h5-6,8-9,13,18H,7H2,1-4H3. The average molecular weight is 259 g/mol. The highest BCUT2D eigenvalue weighted by atomic mass is 19.4. The van der Waals surface area contributed by atoms with E-state index in [9.17, 15) is 13.2 Å². The quantitative estimate of drug-likeness (QED) is 0.849. The third-order valence-corrected chi connectivity index (χ3v) is 3.03. The first-order valence-electron chi connectivity index (χ1n) is 6.10. The number of aryl methyl sites for hydroxylation is 1. The van der Waals surface area contributed by atoms with Crippen molar-refractivity contribution in [3.05, 3.63) is 34.9 Å². The lowest BCUT2D eigenvalue weighted by atomic mass is 9.93. The van der Waals surface area contributed by atoms with Crippen LogP contribution in [0.1, 0.15) is 43.0 Å². The predicted molar refractivity (Wildman–Crippen MR) is 67.4 cm³/mol. The summed E-state index contributed by atoms with van der Waals surface area (Å²) in [4.78, 5) is 0. The summed E-state index contributed by atoms with van der Waals surface area (Å²) in [5.74, 6) is 0.490. The highest BCUT2D eigenvalue weighted by Gasteiger charge is 2.31. The Morgan fingerprint density at radius 2 is 1.83 bits per heavy atom. The van der Waals surface area contributed by atoms with Crippen LogP contribution in [0.25, 0.3) is 0 Å². The molecule has 0 radical (unpaired) electrons. The second-order valence-electron chi connectivity index (χ2n) is 5.04. The third-order valence-electron chi connectivity index (χ3n) is 3.03. The summed E-state index contributed by atoms with van der Waals surface area (Å²) in [5.41, 5.74) is 1.05. The molecular weight excluding hydrogens is 239 g/mol. The summed E-state index contributed by atoms with van der Waals surface area (Å²) in [6.45, 7) is 5.93. The maximum Gasteiger partial charge on any atom is 0.416 e. The van der Waals surface area contributed by atoms with Crippen molar-refractivity contribution in [1.29, 1.82) is 0 Å². The van der Waals surface area contributed by atoms with E-state index in [0.29, 0.717) is 11.5 Å². The van der Waals surface area contributed by atoms with Crippen LogP contribution >= 0.6 is 0 Å². The van der Waals surface area contributed by atoms with Crippen molar-refractivity contribution in [2.24, 2.45) is 5.92 Å². The molecule has 0 aliphatic heterocycles. The first-order chi connectivity index (χ1) is 8.25. The zero-order chi connectivity index (χ0) is 13.9. The van der Waals surface area contributed by atoms with Crippen molar-refractivity contribution < 1.29 is 13.2 Å². The molecule has 0 aliphatic carbocycles. The van der Waals surface area contributed by atoms with Crippen molar-refractivity contribution in [1.82, 2.24) is 5.32 Å². The van der Waals surface area contributed by atoms with Gasteiger partial charge in [-0.1, -0.05) is 19.9 Å². The fourth-order valence-electron chi connectivity index (χ4n) is 2.11. The summed E-state index contributed by atoms with van der Waals surface area (Å²) < 4.78 is 37.7. The molecule has 0 amide bonds. The van der Waals surface area contributed by atoms with Crippen molar-refractivity contribution in [2.75, 3.05) is 7.05 Å². The first kappa shape index (κ1) is 15.0. The minimum atomic E-state index is -4.27. The van der Waals surface area contributed by atoms with Gasteiger partial charge in [-0.3, -0.25) is 0 Å². The molecule has 1 aromatic carbocycles. The van der Waals surface area contributed by atoms with Gasteiger partial charge >= 0.3 is 6.18 Å².